The lowest BCUT2D eigenvalue weighted by Gasteiger charge is -2.31. The Kier molecular flexibility index (Phi) is 11.4. The number of allylic oxidation sites excluding steroid dienone is 4. The minimum absolute atomic E-state index is 0.282. The van der Waals surface area contributed by atoms with Gasteiger partial charge in [-0.3, -0.25) is 4.90 Å². The van der Waals surface area contributed by atoms with E-state index in [1.165, 1.54) is 29.6 Å². The Balaban J connectivity index is 1.86. The van der Waals surface area contributed by atoms with Crippen LogP contribution in [0.15, 0.2) is 53.6 Å². The number of likely N-dealkylation sites (tertiary alicyclic amines) is 1. The predicted octanol–water partition coefficient (Wildman–Crippen LogP) is 5.51. The van der Waals surface area contributed by atoms with Crippen LogP contribution in [-0.2, 0) is 6.42 Å². The summed E-state index contributed by atoms with van der Waals surface area (Å²) in [5.74, 6) is 0. The molecule has 1 aliphatic rings. The van der Waals surface area contributed by atoms with Gasteiger partial charge in [0.15, 0.2) is 0 Å². The first-order chi connectivity index (χ1) is 14.5. The van der Waals surface area contributed by atoms with Crippen molar-refractivity contribution in [2.24, 2.45) is 0 Å². The maximum atomic E-state index is 9.71. The minimum Gasteiger partial charge on any atom is -0.395 e. The van der Waals surface area contributed by atoms with Gasteiger partial charge in [0.25, 0.3) is 0 Å². The van der Waals surface area contributed by atoms with Gasteiger partial charge in [-0.25, -0.2) is 0 Å². The number of aliphatic hydroxyl groups excluding tert-OH is 1. The highest BCUT2D eigenvalue weighted by Gasteiger charge is 2.26. The third-order valence-electron chi connectivity index (χ3n) is 6.19. The Labute approximate surface area is 185 Å². The number of hydrogen-bond acceptors (Lipinski definition) is 3. The monoisotopic (exact) mass is 412 g/mol. The van der Waals surface area contributed by atoms with Gasteiger partial charge in [-0.05, 0) is 84.7 Å². The molecule has 3 heteroatoms. The van der Waals surface area contributed by atoms with E-state index in [4.69, 9.17) is 0 Å². The van der Waals surface area contributed by atoms with Crippen molar-refractivity contribution < 1.29 is 5.11 Å². The van der Waals surface area contributed by atoms with E-state index in [9.17, 15) is 5.11 Å². The quantitative estimate of drug-likeness (QED) is 0.420. The van der Waals surface area contributed by atoms with E-state index in [0.717, 1.165) is 45.2 Å². The second kappa shape index (κ2) is 13.8. The molecule has 3 atom stereocenters. The zero-order valence-corrected chi connectivity index (χ0v) is 19.7. The average molecular weight is 413 g/mol. The van der Waals surface area contributed by atoms with Crippen molar-refractivity contribution >= 4 is 0 Å². The Morgan fingerprint density at radius 1 is 1.17 bits per heavy atom. The topological polar surface area (TPSA) is 35.5 Å². The molecule has 0 aromatic heterocycles. The van der Waals surface area contributed by atoms with Crippen molar-refractivity contribution in [2.45, 2.75) is 90.8 Å². The first-order valence-corrected chi connectivity index (χ1v) is 11.9. The molecule has 0 aliphatic carbocycles. The fourth-order valence-corrected chi connectivity index (χ4v) is 4.46. The van der Waals surface area contributed by atoms with Gasteiger partial charge >= 0.3 is 0 Å². The third-order valence-corrected chi connectivity index (χ3v) is 6.19. The Hall–Kier alpha value is -1.42. The maximum Gasteiger partial charge on any atom is 0.0586 e. The van der Waals surface area contributed by atoms with Crippen LogP contribution in [0.25, 0.3) is 0 Å². The summed E-state index contributed by atoms with van der Waals surface area (Å²) in [5.41, 5.74) is 4.30. The summed E-state index contributed by atoms with van der Waals surface area (Å²) in [4.78, 5) is 2.49. The maximum absolute atomic E-state index is 9.71. The van der Waals surface area contributed by atoms with Crippen LogP contribution >= 0.6 is 0 Å². The lowest BCUT2D eigenvalue weighted by atomic mass is 10.0. The first kappa shape index (κ1) is 24.8. The number of nitrogens with zero attached hydrogens (tertiary/aromatic N) is 1. The molecule has 0 spiro atoms. The summed E-state index contributed by atoms with van der Waals surface area (Å²) in [5, 5.41) is 13.6. The van der Waals surface area contributed by atoms with Crippen LogP contribution in [0.5, 0.6) is 0 Å². The Morgan fingerprint density at radius 3 is 2.63 bits per heavy atom. The van der Waals surface area contributed by atoms with E-state index < -0.39 is 0 Å². The smallest absolute Gasteiger partial charge is 0.0586 e. The van der Waals surface area contributed by atoms with Gasteiger partial charge < -0.3 is 10.4 Å². The first-order valence-electron chi connectivity index (χ1n) is 11.9. The van der Waals surface area contributed by atoms with E-state index in [2.05, 4.69) is 80.4 Å². The van der Waals surface area contributed by atoms with E-state index in [1.54, 1.807) is 0 Å². The van der Waals surface area contributed by atoms with Gasteiger partial charge in [0.05, 0.1) is 6.61 Å². The largest absolute Gasteiger partial charge is 0.395 e. The molecule has 0 radical (unpaired) electrons. The molecule has 1 aromatic carbocycles. The fourth-order valence-electron chi connectivity index (χ4n) is 4.46. The van der Waals surface area contributed by atoms with Crippen LogP contribution in [-0.4, -0.2) is 47.8 Å². The zero-order valence-electron chi connectivity index (χ0n) is 19.7. The van der Waals surface area contributed by atoms with E-state index >= 15 is 0 Å². The van der Waals surface area contributed by atoms with Gasteiger partial charge in [0.1, 0.15) is 0 Å². The van der Waals surface area contributed by atoms with Crippen molar-refractivity contribution in [1.82, 2.24) is 10.2 Å². The van der Waals surface area contributed by atoms with Crippen LogP contribution in [0.4, 0.5) is 0 Å². The SMILES string of the molecule is CC(C)=CCC/C(C)=C/CCC(C)NC(Cc1ccccc1)CN1CCCC1CO. The number of rotatable bonds is 13. The van der Waals surface area contributed by atoms with Crippen LogP contribution < -0.4 is 5.32 Å². The molecule has 1 aromatic rings. The molecule has 3 nitrogen and oxygen atoms in total. The zero-order chi connectivity index (χ0) is 21.8. The summed E-state index contributed by atoms with van der Waals surface area (Å²) in [6, 6.07) is 12.0. The molecule has 1 heterocycles. The van der Waals surface area contributed by atoms with Gasteiger partial charge in [-0.15, -0.1) is 0 Å². The highest BCUT2D eigenvalue weighted by atomic mass is 16.3. The number of hydrogen-bond donors (Lipinski definition) is 2. The van der Waals surface area contributed by atoms with Crippen molar-refractivity contribution in [2.75, 3.05) is 19.7 Å². The predicted molar refractivity (Wildman–Crippen MR) is 130 cm³/mol. The molecule has 1 aliphatic heterocycles. The molecule has 168 valence electrons. The van der Waals surface area contributed by atoms with Gasteiger partial charge in [0.2, 0.25) is 0 Å². The highest BCUT2D eigenvalue weighted by Crippen LogP contribution is 2.18. The van der Waals surface area contributed by atoms with Crippen LogP contribution in [0, 0.1) is 0 Å². The minimum atomic E-state index is 0.282. The van der Waals surface area contributed by atoms with Crippen LogP contribution in [0.2, 0.25) is 0 Å². The van der Waals surface area contributed by atoms with Gasteiger partial charge in [0, 0.05) is 24.7 Å². The summed E-state index contributed by atoms with van der Waals surface area (Å²) in [7, 11) is 0. The molecule has 1 fully saturated rings. The molecule has 2 N–H and O–H groups in total. The summed E-state index contributed by atoms with van der Waals surface area (Å²) in [6.45, 7) is 11.3. The molecule has 0 bridgehead atoms. The van der Waals surface area contributed by atoms with Crippen LogP contribution in [0.1, 0.15) is 71.8 Å². The second-order valence-corrected chi connectivity index (χ2v) is 9.38. The van der Waals surface area contributed by atoms with E-state index in [0.29, 0.717) is 18.1 Å². The fraction of sp³-hybridized carbons (Fsp3) is 0.630. The third kappa shape index (κ3) is 9.59. The number of benzene rings is 1. The normalized spacial score (nSPS) is 19.6. The Bertz CT molecular complexity index is 648. The van der Waals surface area contributed by atoms with Gasteiger partial charge in [-0.1, -0.05) is 53.6 Å². The van der Waals surface area contributed by atoms with Crippen molar-refractivity contribution in [3.63, 3.8) is 0 Å². The van der Waals surface area contributed by atoms with Crippen molar-refractivity contribution in [1.29, 1.82) is 0 Å². The van der Waals surface area contributed by atoms with E-state index in [1.807, 2.05) is 0 Å². The molecule has 30 heavy (non-hydrogen) atoms. The number of aliphatic hydroxyl groups is 1. The lowest BCUT2D eigenvalue weighted by Crippen LogP contribution is -2.47. The molecular formula is C27H44N2O. The molecule has 0 amide bonds. The molecule has 2 rings (SSSR count). The molecule has 1 saturated heterocycles. The summed E-state index contributed by atoms with van der Waals surface area (Å²) in [6.07, 6.45) is 12.7. The van der Waals surface area contributed by atoms with E-state index in [-0.39, 0.29) is 6.61 Å². The molecule has 3 unspecified atom stereocenters. The second-order valence-electron chi connectivity index (χ2n) is 9.38. The summed E-state index contributed by atoms with van der Waals surface area (Å²) >= 11 is 0. The Morgan fingerprint density at radius 2 is 1.93 bits per heavy atom. The highest BCUT2D eigenvalue weighted by molar-refractivity contribution is 5.16. The van der Waals surface area contributed by atoms with Gasteiger partial charge in [-0.2, -0.15) is 0 Å². The lowest BCUT2D eigenvalue weighted by molar-refractivity contribution is 0.145. The standard InChI is InChI=1S/C27H44N2O/c1-22(2)11-8-12-23(3)13-9-14-24(4)28-26(19-25-15-6-5-7-16-25)20-29-18-10-17-27(29)21-30/h5-7,11,13,15-16,24,26-28,30H,8-10,12,14,17-21H2,1-4H3/b23-13+. The number of nitrogens with one attached hydrogen (secondary N) is 1. The average Bonchev–Trinajstić information content (AvgIpc) is 3.15. The summed E-state index contributed by atoms with van der Waals surface area (Å²) < 4.78 is 0. The van der Waals surface area contributed by atoms with Crippen molar-refractivity contribution in [3.8, 4) is 0 Å². The molecular weight excluding hydrogens is 368 g/mol. The van der Waals surface area contributed by atoms with Crippen molar-refractivity contribution in [3.05, 3.63) is 59.2 Å². The van der Waals surface area contributed by atoms with Crippen LogP contribution in [0.3, 0.4) is 0 Å². The molecule has 0 saturated carbocycles.